The van der Waals surface area contributed by atoms with Gasteiger partial charge in [0.15, 0.2) is 0 Å². The van der Waals surface area contributed by atoms with Crippen LogP contribution in [0.5, 0.6) is 0 Å². The van der Waals surface area contributed by atoms with E-state index in [0.29, 0.717) is 5.92 Å². The molecule has 0 aromatic heterocycles. The summed E-state index contributed by atoms with van der Waals surface area (Å²) in [6.45, 7) is 10.9. The van der Waals surface area contributed by atoms with Crippen molar-refractivity contribution in [2.75, 3.05) is 12.0 Å². The zero-order chi connectivity index (χ0) is 15.8. The summed E-state index contributed by atoms with van der Waals surface area (Å²) in [5.74, 6) is 0.356. The topological polar surface area (TPSA) is 29.5 Å². The molecule has 0 bridgehead atoms. The SMILES string of the molecule is CC[C@@H](C(=O)OC)N1c2cc(C)ccc2[C@H](C)CC1(C)C. The molecule has 116 valence electrons. The molecule has 0 aliphatic carbocycles. The molecule has 21 heavy (non-hydrogen) atoms. The van der Waals surface area contributed by atoms with Crippen molar-refractivity contribution >= 4 is 11.7 Å². The number of aryl methyl sites for hydroxylation is 1. The van der Waals surface area contributed by atoms with Gasteiger partial charge in [0.1, 0.15) is 6.04 Å². The molecule has 0 unspecified atom stereocenters. The van der Waals surface area contributed by atoms with E-state index >= 15 is 0 Å². The summed E-state index contributed by atoms with van der Waals surface area (Å²) < 4.78 is 5.04. The summed E-state index contributed by atoms with van der Waals surface area (Å²) in [5.41, 5.74) is 3.69. The Labute approximate surface area is 128 Å². The number of hydrogen-bond donors (Lipinski definition) is 0. The first-order valence-corrected chi connectivity index (χ1v) is 7.79. The van der Waals surface area contributed by atoms with E-state index in [1.807, 2.05) is 6.92 Å². The zero-order valence-corrected chi connectivity index (χ0v) is 14.1. The Bertz CT molecular complexity index is 536. The number of carbonyl (C=O) groups excluding carboxylic acids is 1. The van der Waals surface area contributed by atoms with Crippen molar-refractivity contribution in [1.82, 2.24) is 0 Å². The Balaban J connectivity index is 2.59. The van der Waals surface area contributed by atoms with Crippen LogP contribution in [0.2, 0.25) is 0 Å². The van der Waals surface area contributed by atoms with Gasteiger partial charge in [-0.15, -0.1) is 0 Å². The van der Waals surface area contributed by atoms with Crippen LogP contribution in [0.1, 0.15) is 57.6 Å². The second-order valence-electron chi connectivity index (χ2n) is 6.80. The van der Waals surface area contributed by atoms with Crippen LogP contribution in [0, 0.1) is 6.92 Å². The number of fused-ring (bicyclic) bond motifs is 1. The maximum absolute atomic E-state index is 12.2. The highest BCUT2D eigenvalue weighted by molar-refractivity contribution is 5.81. The average molecular weight is 289 g/mol. The van der Waals surface area contributed by atoms with Crippen molar-refractivity contribution < 1.29 is 9.53 Å². The molecule has 0 fully saturated rings. The van der Waals surface area contributed by atoms with Crippen LogP contribution in [0.25, 0.3) is 0 Å². The average Bonchev–Trinajstić information content (AvgIpc) is 2.41. The van der Waals surface area contributed by atoms with Gasteiger partial charge in [0, 0.05) is 11.2 Å². The Morgan fingerprint density at radius 3 is 2.71 bits per heavy atom. The summed E-state index contributed by atoms with van der Waals surface area (Å²) in [6, 6.07) is 6.35. The van der Waals surface area contributed by atoms with Gasteiger partial charge in [-0.05, 0) is 56.7 Å². The van der Waals surface area contributed by atoms with Crippen molar-refractivity contribution in [3.8, 4) is 0 Å². The van der Waals surface area contributed by atoms with Crippen LogP contribution >= 0.6 is 0 Å². The van der Waals surface area contributed by atoms with Crippen molar-refractivity contribution in [1.29, 1.82) is 0 Å². The number of methoxy groups -OCH3 is 1. The lowest BCUT2D eigenvalue weighted by Crippen LogP contribution is -2.56. The Kier molecular flexibility index (Phi) is 4.31. The molecule has 1 aromatic carbocycles. The van der Waals surface area contributed by atoms with Gasteiger partial charge in [0.2, 0.25) is 0 Å². The predicted octanol–water partition coefficient (Wildman–Crippen LogP) is 4.04. The standard InChI is InChI=1S/C18H27NO2/c1-7-15(17(20)21-6)19-16-10-12(2)8-9-14(16)13(3)11-18(19,4)5/h8-10,13,15H,7,11H2,1-6H3/t13-,15+/m1/s1. The quantitative estimate of drug-likeness (QED) is 0.787. The number of rotatable bonds is 3. The molecule has 0 spiro atoms. The van der Waals surface area contributed by atoms with Crippen molar-refractivity contribution in [2.24, 2.45) is 0 Å². The molecular formula is C18H27NO2. The molecular weight excluding hydrogens is 262 g/mol. The van der Waals surface area contributed by atoms with Gasteiger partial charge in [-0.3, -0.25) is 0 Å². The van der Waals surface area contributed by atoms with Crippen molar-refractivity contribution in [3.63, 3.8) is 0 Å². The highest BCUT2D eigenvalue weighted by Gasteiger charge is 2.42. The van der Waals surface area contributed by atoms with E-state index in [1.165, 1.54) is 23.9 Å². The maximum atomic E-state index is 12.2. The number of benzene rings is 1. The first kappa shape index (κ1) is 15.9. The fourth-order valence-corrected chi connectivity index (χ4v) is 3.74. The molecule has 1 heterocycles. The van der Waals surface area contributed by atoms with Crippen molar-refractivity contribution in [3.05, 3.63) is 29.3 Å². The molecule has 2 rings (SSSR count). The fourth-order valence-electron chi connectivity index (χ4n) is 3.74. The zero-order valence-electron chi connectivity index (χ0n) is 14.1. The van der Waals surface area contributed by atoms with Crippen LogP contribution in [0.4, 0.5) is 5.69 Å². The van der Waals surface area contributed by atoms with Gasteiger partial charge < -0.3 is 9.64 Å². The largest absolute Gasteiger partial charge is 0.467 e. The molecule has 0 N–H and O–H groups in total. The van der Waals surface area contributed by atoms with Crippen LogP contribution in [-0.4, -0.2) is 24.7 Å². The Hall–Kier alpha value is -1.51. The van der Waals surface area contributed by atoms with E-state index in [2.05, 4.69) is 50.8 Å². The van der Waals surface area contributed by atoms with Crippen LogP contribution in [0.15, 0.2) is 18.2 Å². The van der Waals surface area contributed by atoms with Crippen LogP contribution in [-0.2, 0) is 9.53 Å². The number of anilines is 1. The highest BCUT2D eigenvalue weighted by atomic mass is 16.5. The number of ether oxygens (including phenoxy) is 1. The maximum Gasteiger partial charge on any atom is 0.328 e. The van der Waals surface area contributed by atoms with Gasteiger partial charge in [-0.25, -0.2) is 4.79 Å². The third-order valence-electron chi connectivity index (χ3n) is 4.61. The van der Waals surface area contributed by atoms with E-state index in [0.717, 1.165) is 12.8 Å². The van der Waals surface area contributed by atoms with Crippen molar-refractivity contribution in [2.45, 2.75) is 65.0 Å². The van der Waals surface area contributed by atoms with Crippen LogP contribution in [0.3, 0.4) is 0 Å². The van der Waals surface area contributed by atoms with Gasteiger partial charge in [0.25, 0.3) is 0 Å². The Morgan fingerprint density at radius 1 is 1.48 bits per heavy atom. The summed E-state index contributed by atoms with van der Waals surface area (Å²) in [6.07, 6.45) is 1.79. The number of hydrogen-bond acceptors (Lipinski definition) is 3. The van der Waals surface area contributed by atoms with E-state index in [1.54, 1.807) is 0 Å². The molecule has 0 saturated heterocycles. The first-order valence-electron chi connectivity index (χ1n) is 7.79. The normalized spacial score (nSPS) is 21.6. The van der Waals surface area contributed by atoms with E-state index in [9.17, 15) is 4.79 Å². The highest BCUT2D eigenvalue weighted by Crippen LogP contribution is 2.45. The number of esters is 1. The third-order valence-corrected chi connectivity index (χ3v) is 4.61. The smallest absolute Gasteiger partial charge is 0.328 e. The summed E-state index contributed by atoms with van der Waals surface area (Å²) in [5, 5.41) is 0. The lowest BCUT2D eigenvalue weighted by atomic mass is 9.78. The van der Waals surface area contributed by atoms with E-state index < -0.39 is 0 Å². The molecule has 0 radical (unpaired) electrons. The molecule has 3 nitrogen and oxygen atoms in total. The summed E-state index contributed by atoms with van der Waals surface area (Å²) in [4.78, 5) is 14.5. The summed E-state index contributed by atoms with van der Waals surface area (Å²) in [7, 11) is 1.47. The summed E-state index contributed by atoms with van der Waals surface area (Å²) >= 11 is 0. The molecule has 3 heteroatoms. The van der Waals surface area contributed by atoms with Crippen LogP contribution < -0.4 is 4.90 Å². The minimum absolute atomic E-state index is 0.0604. The number of carbonyl (C=O) groups is 1. The second kappa shape index (κ2) is 5.70. The monoisotopic (exact) mass is 289 g/mol. The number of nitrogens with zero attached hydrogens (tertiary/aromatic N) is 1. The molecule has 1 aliphatic heterocycles. The fraction of sp³-hybridized carbons (Fsp3) is 0.611. The second-order valence-corrected chi connectivity index (χ2v) is 6.80. The Morgan fingerprint density at radius 2 is 2.14 bits per heavy atom. The van der Waals surface area contributed by atoms with Gasteiger partial charge in [-0.2, -0.15) is 0 Å². The van der Waals surface area contributed by atoms with Gasteiger partial charge in [0.05, 0.1) is 7.11 Å². The predicted molar refractivity (Wildman–Crippen MR) is 86.9 cm³/mol. The third kappa shape index (κ3) is 2.78. The van der Waals surface area contributed by atoms with Gasteiger partial charge >= 0.3 is 5.97 Å². The lowest BCUT2D eigenvalue weighted by molar-refractivity contribution is -0.142. The molecule has 1 aromatic rings. The van der Waals surface area contributed by atoms with E-state index in [4.69, 9.17) is 4.74 Å². The van der Waals surface area contributed by atoms with Gasteiger partial charge in [-0.1, -0.05) is 26.0 Å². The molecule has 0 amide bonds. The molecule has 1 aliphatic rings. The lowest BCUT2D eigenvalue weighted by Gasteiger charge is -2.50. The minimum atomic E-state index is -0.224. The molecule has 0 saturated carbocycles. The molecule has 2 atom stereocenters. The van der Waals surface area contributed by atoms with E-state index in [-0.39, 0.29) is 17.6 Å². The first-order chi connectivity index (χ1) is 9.81. The minimum Gasteiger partial charge on any atom is -0.467 e.